The molecule has 7 heteroatoms. The molecular formula is C30H29FN4O2. The van der Waals surface area contributed by atoms with Crippen molar-refractivity contribution in [2.45, 2.75) is 38.5 Å². The van der Waals surface area contributed by atoms with E-state index in [1.165, 1.54) is 6.07 Å². The first-order valence-electron chi connectivity index (χ1n) is 12.6. The molecule has 37 heavy (non-hydrogen) atoms. The van der Waals surface area contributed by atoms with Crippen molar-refractivity contribution in [2.24, 2.45) is 5.92 Å². The number of nitrogens with one attached hydrogen (secondary N) is 2. The standard InChI is InChI=1S/C30H29FN4O2/c1-18-14-25(29(35-18)28-21(16-32)4-3-5-27(28)37-2)30(36)34-17-19-6-8-20(9-7-19)23-12-13-33-26-11-10-22(31)15-24(23)26/h3-5,10-15,19-20,35H,6-9,17H2,1-2H3,(H,34,36). The Hall–Kier alpha value is -4.18. The number of aromatic amines is 1. The minimum atomic E-state index is -0.243. The van der Waals surface area contributed by atoms with Gasteiger partial charge in [0, 0.05) is 23.8 Å². The quantitative estimate of drug-likeness (QED) is 0.330. The van der Waals surface area contributed by atoms with Gasteiger partial charge in [-0.2, -0.15) is 5.26 Å². The molecule has 0 aliphatic heterocycles. The number of carbonyl (C=O) groups excluding carboxylic acids is 1. The lowest BCUT2D eigenvalue weighted by atomic mass is 9.78. The summed E-state index contributed by atoms with van der Waals surface area (Å²) in [6.45, 7) is 2.47. The summed E-state index contributed by atoms with van der Waals surface area (Å²) in [5.41, 5.74) is 4.92. The second-order valence-corrected chi connectivity index (χ2v) is 9.72. The van der Waals surface area contributed by atoms with Crippen LogP contribution in [0.3, 0.4) is 0 Å². The number of carbonyl (C=O) groups is 1. The van der Waals surface area contributed by atoms with Gasteiger partial charge in [0.2, 0.25) is 0 Å². The van der Waals surface area contributed by atoms with Crippen molar-refractivity contribution < 1.29 is 13.9 Å². The third-order valence-corrected chi connectivity index (χ3v) is 7.39. The Morgan fingerprint density at radius 2 is 2.00 bits per heavy atom. The third-order valence-electron chi connectivity index (χ3n) is 7.39. The van der Waals surface area contributed by atoms with Gasteiger partial charge in [0.25, 0.3) is 5.91 Å². The van der Waals surface area contributed by atoms with E-state index in [4.69, 9.17) is 4.74 Å². The summed E-state index contributed by atoms with van der Waals surface area (Å²) >= 11 is 0. The van der Waals surface area contributed by atoms with Crippen LogP contribution in [0.1, 0.15) is 58.8 Å². The van der Waals surface area contributed by atoms with Gasteiger partial charge in [0.05, 0.1) is 41.1 Å². The molecule has 1 aliphatic rings. The highest BCUT2D eigenvalue weighted by Crippen LogP contribution is 2.39. The predicted octanol–water partition coefficient (Wildman–Crippen LogP) is 6.26. The Labute approximate surface area is 215 Å². The molecule has 2 heterocycles. The number of halogens is 1. The lowest BCUT2D eigenvalue weighted by molar-refractivity contribution is 0.0943. The molecule has 1 fully saturated rings. The van der Waals surface area contributed by atoms with Gasteiger partial charge < -0.3 is 15.0 Å². The fourth-order valence-corrected chi connectivity index (χ4v) is 5.52. The number of fused-ring (bicyclic) bond motifs is 1. The molecule has 1 amide bonds. The smallest absolute Gasteiger partial charge is 0.253 e. The monoisotopic (exact) mass is 496 g/mol. The molecule has 0 radical (unpaired) electrons. The average Bonchev–Trinajstić information content (AvgIpc) is 3.32. The molecular weight excluding hydrogens is 467 g/mol. The summed E-state index contributed by atoms with van der Waals surface area (Å²) in [6.07, 6.45) is 5.73. The van der Waals surface area contributed by atoms with E-state index in [1.54, 1.807) is 43.6 Å². The van der Waals surface area contributed by atoms with E-state index < -0.39 is 0 Å². The SMILES string of the molecule is COc1cccc(C#N)c1-c1[nH]c(C)cc1C(=O)NCC1CCC(c2ccnc3ccc(F)cc23)CC1. The number of amides is 1. The molecule has 2 N–H and O–H groups in total. The van der Waals surface area contributed by atoms with Crippen LogP contribution in [0.2, 0.25) is 0 Å². The van der Waals surface area contributed by atoms with E-state index in [0.717, 1.165) is 47.8 Å². The maximum Gasteiger partial charge on any atom is 0.253 e. The number of hydrogen-bond acceptors (Lipinski definition) is 4. The molecule has 0 unspecified atom stereocenters. The first-order chi connectivity index (χ1) is 18.0. The zero-order valence-corrected chi connectivity index (χ0v) is 21.0. The van der Waals surface area contributed by atoms with E-state index in [-0.39, 0.29) is 11.7 Å². The lowest BCUT2D eigenvalue weighted by Crippen LogP contribution is -2.31. The molecule has 2 aromatic carbocycles. The number of methoxy groups -OCH3 is 1. The molecule has 2 aromatic heterocycles. The van der Waals surface area contributed by atoms with Gasteiger partial charge in [-0.15, -0.1) is 0 Å². The van der Waals surface area contributed by atoms with Crippen LogP contribution in [-0.2, 0) is 0 Å². The van der Waals surface area contributed by atoms with Crippen LogP contribution in [0.5, 0.6) is 5.75 Å². The zero-order chi connectivity index (χ0) is 25.9. The summed E-state index contributed by atoms with van der Waals surface area (Å²) in [4.78, 5) is 20.9. The van der Waals surface area contributed by atoms with Gasteiger partial charge in [-0.05, 0) is 92.5 Å². The van der Waals surface area contributed by atoms with Crippen LogP contribution in [0.4, 0.5) is 4.39 Å². The molecule has 0 atom stereocenters. The number of ether oxygens (including phenoxy) is 1. The highest BCUT2D eigenvalue weighted by atomic mass is 19.1. The van der Waals surface area contributed by atoms with Crippen LogP contribution in [0.25, 0.3) is 22.2 Å². The first kappa shape index (κ1) is 24.5. The van der Waals surface area contributed by atoms with Crippen molar-refractivity contribution in [3.8, 4) is 23.1 Å². The van der Waals surface area contributed by atoms with E-state index in [0.29, 0.717) is 46.5 Å². The number of aryl methyl sites for hydroxylation is 1. The topological polar surface area (TPSA) is 90.8 Å². The molecule has 188 valence electrons. The number of nitrogens with zero attached hydrogens (tertiary/aromatic N) is 2. The lowest BCUT2D eigenvalue weighted by Gasteiger charge is -2.29. The van der Waals surface area contributed by atoms with Crippen molar-refractivity contribution >= 4 is 16.8 Å². The molecule has 5 rings (SSSR count). The van der Waals surface area contributed by atoms with Crippen LogP contribution < -0.4 is 10.1 Å². The summed E-state index contributed by atoms with van der Waals surface area (Å²) in [6, 6.07) is 16.1. The first-order valence-corrected chi connectivity index (χ1v) is 12.6. The Morgan fingerprint density at radius 1 is 1.19 bits per heavy atom. The fraction of sp³-hybridized carbons (Fsp3) is 0.300. The highest BCUT2D eigenvalue weighted by Gasteiger charge is 2.26. The molecule has 1 aliphatic carbocycles. The number of aromatic nitrogens is 2. The normalized spacial score (nSPS) is 17.4. The molecule has 4 aromatic rings. The second kappa shape index (κ2) is 10.4. The second-order valence-electron chi connectivity index (χ2n) is 9.72. The van der Waals surface area contributed by atoms with Crippen molar-refractivity contribution in [3.05, 3.63) is 82.9 Å². The molecule has 0 saturated heterocycles. The maximum atomic E-state index is 13.9. The van der Waals surface area contributed by atoms with Gasteiger partial charge in [0.1, 0.15) is 11.6 Å². The summed E-state index contributed by atoms with van der Waals surface area (Å²) in [5.74, 6) is 0.846. The number of hydrogen-bond donors (Lipinski definition) is 2. The maximum absolute atomic E-state index is 13.9. The van der Waals surface area contributed by atoms with Crippen molar-refractivity contribution in [2.75, 3.05) is 13.7 Å². The molecule has 6 nitrogen and oxygen atoms in total. The van der Waals surface area contributed by atoms with Crippen molar-refractivity contribution in [1.82, 2.24) is 15.3 Å². The van der Waals surface area contributed by atoms with Crippen molar-refractivity contribution in [1.29, 1.82) is 5.26 Å². The Morgan fingerprint density at radius 3 is 2.76 bits per heavy atom. The Balaban J connectivity index is 1.27. The van der Waals surface area contributed by atoms with Crippen LogP contribution >= 0.6 is 0 Å². The van der Waals surface area contributed by atoms with Crippen LogP contribution in [0, 0.1) is 30.0 Å². The number of pyridine rings is 1. The van der Waals surface area contributed by atoms with Gasteiger partial charge >= 0.3 is 0 Å². The third kappa shape index (κ3) is 4.92. The highest BCUT2D eigenvalue weighted by molar-refractivity contribution is 6.01. The number of H-pyrrole nitrogens is 1. The molecule has 0 spiro atoms. The Kier molecular flexibility index (Phi) is 6.91. The van der Waals surface area contributed by atoms with E-state index in [9.17, 15) is 14.4 Å². The van der Waals surface area contributed by atoms with Gasteiger partial charge in [0.15, 0.2) is 0 Å². The molecule has 1 saturated carbocycles. The number of nitriles is 1. The van der Waals surface area contributed by atoms with Crippen LogP contribution in [-0.4, -0.2) is 29.5 Å². The van der Waals surface area contributed by atoms with Gasteiger partial charge in [-0.25, -0.2) is 4.39 Å². The van der Waals surface area contributed by atoms with E-state index >= 15 is 0 Å². The minimum Gasteiger partial charge on any atom is -0.496 e. The summed E-state index contributed by atoms with van der Waals surface area (Å²) < 4.78 is 19.4. The average molecular weight is 497 g/mol. The number of rotatable bonds is 6. The Bertz CT molecular complexity index is 1500. The van der Waals surface area contributed by atoms with Crippen LogP contribution in [0.15, 0.2) is 54.7 Å². The van der Waals surface area contributed by atoms with E-state index in [2.05, 4.69) is 21.4 Å². The van der Waals surface area contributed by atoms with E-state index in [1.807, 2.05) is 19.1 Å². The predicted molar refractivity (Wildman–Crippen MR) is 141 cm³/mol. The van der Waals surface area contributed by atoms with Crippen molar-refractivity contribution in [3.63, 3.8) is 0 Å². The fourth-order valence-electron chi connectivity index (χ4n) is 5.52. The number of benzene rings is 2. The molecule has 0 bridgehead atoms. The summed E-state index contributed by atoms with van der Waals surface area (Å²) in [5, 5.41) is 13.7. The van der Waals surface area contributed by atoms with Gasteiger partial charge in [-0.1, -0.05) is 6.07 Å². The summed E-state index contributed by atoms with van der Waals surface area (Å²) in [7, 11) is 1.55. The minimum absolute atomic E-state index is 0.174. The largest absolute Gasteiger partial charge is 0.496 e. The van der Waals surface area contributed by atoms with Gasteiger partial charge in [-0.3, -0.25) is 9.78 Å². The zero-order valence-electron chi connectivity index (χ0n) is 21.0.